The van der Waals surface area contributed by atoms with Gasteiger partial charge in [-0.15, -0.1) is 0 Å². The second kappa shape index (κ2) is 11.7. The highest BCUT2D eigenvalue weighted by Gasteiger charge is 2.22. The van der Waals surface area contributed by atoms with Gasteiger partial charge in [0.05, 0.1) is 7.11 Å². The first-order valence-corrected chi connectivity index (χ1v) is 10.4. The molecule has 1 heterocycles. The molecule has 2 N–H and O–H groups in total. The number of nitrogens with zero attached hydrogens (tertiary/aromatic N) is 1. The fraction of sp³-hybridized carbons (Fsp3) is 0.636. The maximum Gasteiger partial charge on any atom is 0.407 e. The zero-order valence-electron chi connectivity index (χ0n) is 17.5. The van der Waals surface area contributed by atoms with E-state index in [1.165, 1.54) is 51.4 Å². The Morgan fingerprint density at radius 2 is 1.64 bits per heavy atom. The Bertz CT molecular complexity index is 608. The number of carbonyl (C=O) groups is 2. The van der Waals surface area contributed by atoms with Gasteiger partial charge >= 0.3 is 6.09 Å². The van der Waals surface area contributed by atoms with E-state index in [1.54, 1.807) is 0 Å². The summed E-state index contributed by atoms with van der Waals surface area (Å²) >= 11 is 0. The molecule has 0 spiro atoms. The number of rotatable bonds is 8. The number of ether oxygens (including phenoxy) is 1. The first-order valence-electron chi connectivity index (χ1n) is 10.4. The monoisotopic (exact) mass is 389 g/mol. The fourth-order valence-corrected chi connectivity index (χ4v) is 3.53. The Labute approximate surface area is 169 Å². The standard InChI is InChI=1S/C22H35N3O3/c1-17(2)14-20(24-22(27)28-3)21(26)23-15-18-8-10-19(11-9-18)16-25-12-6-4-5-7-13-25/h8-11,17,20H,4-7,12-16H2,1-3H3,(H,23,26)(H,24,27). The summed E-state index contributed by atoms with van der Waals surface area (Å²) in [5.74, 6) is 0.0962. The minimum atomic E-state index is -0.588. The molecule has 1 saturated heterocycles. The van der Waals surface area contributed by atoms with Crippen LogP contribution >= 0.6 is 0 Å². The Kier molecular flexibility index (Phi) is 9.28. The zero-order chi connectivity index (χ0) is 20.4. The summed E-state index contributed by atoms with van der Waals surface area (Å²) in [4.78, 5) is 26.5. The SMILES string of the molecule is COC(=O)NC(CC(C)C)C(=O)NCc1ccc(CN2CCCCCC2)cc1. The predicted octanol–water partition coefficient (Wildman–Crippen LogP) is 3.45. The smallest absolute Gasteiger partial charge is 0.407 e. The number of likely N-dealkylation sites (tertiary alicyclic amines) is 1. The first kappa shape index (κ1) is 22.2. The Hall–Kier alpha value is -2.08. The van der Waals surface area contributed by atoms with Crippen LogP contribution < -0.4 is 10.6 Å². The lowest BCUT2D eigenvalue weighted by Gasteiger charge is -2.20. The highest BCUT2D eigenvalue weighted by Crippen LogP contribution is 2.14. The van der Waals surface area contributed by atoms with Crippen molar-refractivity contribution >= 4 is 12.0 Å². The second-order valence-corrected chi connectivity index (χ2v) is 8.04. The maximum atomic E-state index is 12.5. The molecule has 156 valence electrons. The third kappa shape index (κ3) is 7.89. The predicted molar refractivity (Wildman–Crippen MR) is 111 cm³/mol. The van der Waals surface area contributed by atoms with Gasteiger partial charge in [0.15, 0.2) is 0 Å². The van der Waals surface area contributed by atoms with Crippen LogP contribution in [-0.4, -0.2) is 43.1 Å². The van der Waals surface area contributed by atoms with Crippen molar-refractivity contribution in [3.8, 4) is 0 Å². The lowest BCUT2D eigenvalue weighted by molar-refractivity contribution is -0.123. The second-order valence-electron chi connectivity index (χ2n) is 8.04. The van der Waals surface area contributed by atoms with Crippen molar-refractivity contribution in [1.82, 2.24) is 15.5 Å². The molecule has 6 nitrogen and oxygen atoms in total. The third-order valence-electron chi connectivity index (χ3n) is 5.10. The van der Waals surface area contributed by atoms with E-state index in [9.17, 15) is 9.59 Å². The van der Waals surface area contributed by atoms with E-state index in [1.807, 2.05) is 13.8 Å². The van der Waals surface area contributed by atoms with Crippen LogP contribution in [0.4, 0.5) is 4.79 Å². The molecule has 1 aliphatic heterocycles. The van der Waals surface area contributed by atoms with Gasteiger partial charge in [-0.1, -0.05) is 51.0 Å². The summed E-state index contributed by atoms with van der Waals surface area (Å²) in [5.41, 5.74) is 2.36. The molecule has 0 aromatic heterocycles. The zero-order valence-corrected chi connectivity index (χ0v) is 17.5. The molecule has 1 unspecified atom stereocenters. The Morgan fingerprint density at radius 3 is 2.21 bits per heavy atom. The lowest BCUT2D eigenvalue weighted by Crippen LogP contribution is -2.47. The van der Waals surface area contributed by atoms with Crippen LogP contribution in [0.25, 0.3) is 0 Å². The van der Waals surface area contributed by atoms with Crippen LogP contribution in [0.15, 0.2) is 24.3 Å². The number of carbonyl (C=O) groups excluding carboxylic acids is 2. The summed E-state index contributed by atoms with van der Waals surface area (Å²) in [6, 6.07) is 7.84. The number of methoxy groups -OCH3 is 1. The maximum absolute atomic E-state index is 12.5. The number of hydrogen-bond acceptors (Lipinski definition) is 4. The van der Waals surface area contributed by atoms with E-state index in [0.717, 1.165) is 12.1 Å². The lowest BCUT2D eigenvalue weighted by atomic mass is 10.0. The largest absolute Gasteiger partial charge is 0.453 e. The number of nitrogens with one attached hydrogen (secondary N) is 2. The van der Waals surface area contributed by atoms with Crippen LogP contribution in [0.1, 0.15) is 57.1 Å². The number of benzene rings is 1. The van der Waals surface area contributed by atoms with Crippen LogP contribution in [0.3, 0.4) is 0 Å². The van der Waals surface area contributed by atoms with Crippen molar-refractivity contribution in [3.63, 3.8) is 0 Å². The minimum absolute atomic E-state index is 0.187. The Morgan fingerprint density at radius 1 is 1.04 bits per heavy atom. The molecule has 2 rings (SSSR count). The van der Waals surface area contributed by atoms with Crippen molar-refractivity contribution in [2.45, 2.75) is 65.1 Å². The van der Waals surface area contributed by atoms with E-state index in [0.29, 0.717) is 13.0 Å². The first-order chi connectivity index (χ1) is 13.5. The molecule has 0 bridgehead atoms. The summed E-state index contributed by atoms with van der Waals surface area (Å²) in [6.45, 7) is 7.83. The average molecular weight is 390 g/mol. The molecule has 1 aromatic carbocycles. The third-order valence-corrected chi connectivity index (χ3v) is 5.10. The van der Waals surface area contributed by atoms with Crippen LogP contribution in [0, 0.1) is 5.92 Å². The average Bonchev–Trinajstić information content (AvgIpc) is 2.95. The van der Waals surface area contributed by atoms with Crippen molar-refractivity contribution in [2.75, 3.05) is 20.2 Å². The fourth-order valence-electron chi connectivity index (χ4n) is 3.53. The summed E-state index contributed by atoms with van der Waals surface area (Å²) in [7, 11) is 1.30. The van der Waals surface area contributed by atoms with E-state index in [-0.39, 0.29) is 11.8 Å². The molecule has 0 radical (unpaired) electrons. The van der Waals surface area contributed by atoms with Crippen LogP contribution in [-0.2, 0) is 22.6 Å². The van der Waals surface area contributed by atoms with Crippen LogP contribution in [0.2, 0.25) is 0 Å². The van der Waals surface area contributed by atoms with Crippen molar-refractivity contribution < 1.29 is 14.3 Å². The highest BCUT2D eigenvalue weighted by molar-refractivity contribution is 5.85. The van der Waals surface area contributed by atoms with Gasteiger partial charge in [0.25, 0.3) is 0 Å². The van der Waals surface area contributed by atoms with Crippen molar-refractivity contribution in [1.29, 1.82) is 0 Å². The quantitative estimate of drug-likeness (QED) is 0.714. The van der Waals surface area contributed by atoms with E-state index in [2.05, 4.69) is 44.5 Å². The van der Waals surface area contributed by atoms with Gasteiger partial charge in [-0.3, -0.25) is 9.69 Å². The molecule has 2 amide bonds. The van der Waals surface area contributed by atoms with Gasteiger partial charge < -0.3 is 15.4 Å². The summed E-state index contributed by atoms with van der Waals surface area (Å²) < 4.78 is 4.62. The van der Waals surface area contributed by atoms with Gasteiger partial charge in [-0.05, 0) is 49.4 Å². The van der Waals surface area contributed by atoms with Gasteiger partial charge in [-0.25, -0.2) is 4.79 Å². The highest BCUT2D eigenvalue weighted by atomic mass is 16.5. The van der Waals surface area contributed by atoms with Gasteiger partial charge in [0.2, 0.25) is 5.91 Å². The molecule has 0 saturated carbocycles. The van der Waals surface area contributed by atoms with E-state index in [4.69, 9.17) is 0 Å². The molecule has 1 aliphatic rings. The molecule has 1 fully saturated rings. The van der Waals surface area contributed by atoms with Gasteiger partial charge in [0, 0.05) is 13.1 Å². The molecule has 1 atom stereocenters. The van der Waals surface area contributed by atoms with Gasteiger partial charge in [0.1, 0.15) is 6.04 Å². The van der Waals surface area contributed by atoms with E-state index >= 15 is 0 Å². The summed E-state index contributed by atoms with van der Waals surface area (Å²) in [5, 5.41) is 5.54. The normalized spacial score (nSPS) is 16.3. The van der Waals surface area contributed by atoms with Crippen LogP contribution in [0.5, 0.6) is 0 Å². The topological polar surface area (TPSA) is 70.7 Å². The molecular weight excluding hydrogens is 354 g/mol. The minimum Gasteiger partial charge on any atom is -0.453 e. The molecular formula is C22H35N3O3. The molecule has 6 heteroatoms. The number of hydrogen-bond donors (Lipinski definition) is 2. The number of alkyl carbamates (subject to hydrolysis) is 1. The van der Waals surface area contributed by atoms with E-state index < -0.39 is 12.1 Å². The summed E-state index contributed by atoms with van der Waals surface area (Å²) in [6.07, 6.45) is 5.26. The molecule has 28 heavy (non-hydrogen) atoms. The molecule has 1 aromatic rings. The molecule has 0 aliphatic carbocycles. The van der Waals surface area contributed by atoms with Crippen molar-refractivity contribution in [3.05, 3.63) is 35.4 Å². The van der Waals surface area contributed by atoms with Gasteiger partial charge in [-0.2, -0.15) is 0 Å². The van der Waals surface area contributed by atoms with Crippen molar-refractivity contribution in [2.24, 2.45) is 5.92 Å². The Balaban J connectivity index is 1.84. The number of amides is 2.